The fraction of sp³-hybridized carbons (Fsp3) is 0.375. The van der Waals surface area contributed by atoms with Gasteiger partial charge in [0, 0.05) is 19.0 Å². The Labute approximate surface area is 221 Å². The highest BCUT2D eigenvalue weighted by molar-refractivity contribution is 5.88. The largest absolute Gasteiger partial charge is 0.484 e. The minimum atomic E-state index is -0.670. The maximum atomic E-state index is 13.7. The van der Waals surface area contributed by atoms with E-state index in [9.17, 15) is 9.59 Å². The lowest BCUT2D eigenvalue weighted by atomic mass is 9.87. The zero-order valence-electron chi connectivity index (χ0n) is 22.7. The van der Waals surface area contributed by atoms with Gasteiger partial charge < -0.3 is 15.0 Å². The van der Waals surface area contributed by atoms with Crippen molar-refractivity contribution in [3.05, 3.63) is 102 Å². The van der Waals surface area contributed by atoms with Gasteiger partial charge in [0.05, 0.1) is 0 Å². The molecule has 0 aliphatic carbocycles. The Balaban J connectivity index is 1.86. The number of carbonyl (C=O) groups is 2. The maximum absolute atomic E-state index is 13.7. The molecule has 3 aromatic carbocycles. The van der Waals surface area contributed by atoms with Crippen molar-refractivity contribution in [3.63, 3.8) is 0 Å². The molecule has 0 bridgehead atoms. The normalized spacial score (nSPS) is 12.9. The third kappa shape index (κ3) is 8.49. The number of carbonyl (C=O) groups excluding carboxylic acids is 2. The number of benzene rings is 3. The molecule has 3 aromatic rings. The van der Waals surface area contributed by atoms with E-state index in [1.54, 1.807) is 4.90 Å². The lowest BCUT2D eigenvalue weighted by Gasteiger charge is -2.32. The zero-order valence-corrected chi connectivity index (χ0v) is 22.7. The molecule has 0 saturated heterocycles. The number of amides is 2. The minimum absolute atomic E-state index is 0.0111. The minimum Gasteiger partial charge on any atom is -0.484 e. The number of ether oxygens (including phenoxy) is 1. The van der Waals surface area contributed by atoms with Crippen LogP contribution in [0.15, 0.2) is 84.9 Å². The molecule has 196 valence electrons. The Kier molecular flexibility index (Phi) is 9.90. The predicted octanol–water partition coefficient (Wildman–Crippen LogP) is 5.92. The standard InChI is InChI=1S/C32H40N2O3/c1-6-24(2)33-31(36)29(21-25-13-9-7-10-14-25)34(22-26-15-11-8-12-16-26)30(35)23-37-28-19-17-27(18-20-28)32(3,4)5/h7-20,24,29H,6,21-23H2,1-5H3,(H,33,36)/t24-,29+/m0/s1. The van der Waals surface area contributed by atoms with Gasteiger partial charge in [0.15, 0.2) is 6.61 Å². The van der Waals surface area contributed by atoms with Crippen molar-refractivity contribution in [2.75, 3.05) is 6.61 Å². The van der Waals surface area contributed by atoms with Crippen LogP contribution in [-0.4, -0.2) is 35.4 Å². The molecule has 0 aliphatic rings. The molecule has 2 amide bonds. The molecule has 3 rings (SSSR count). The van der Waals surface area contributed by atoms with Gasteiger partial charge in [-0.2, -0.15) is 0 Å². The number of hydrogen-bond acceptors (Lipinski definition) is 3. The Morgan fingerprint density at radius 2 is 1.43 bits per heavy atom. The molecule has 0 aromatic heterocycles. The van der Waals surface area contributed by atoms with E-state index in [0.717, 1.165) is 17.5 Å². The van der Waals surface area contributed by atoms with Crippen LogP contribution in [0.3, 0.4) is 0 Å². The van der Waals surface area contributed by atoms with Crippen LogP contribution in [0.25, 0.3) is 0 Å². The van der Waals surface area contributed by atoms with Crippen LogP contribution in [0.5, 0.6) is 5.75 Å². The van der Waals surface area contributed by atoms with Crippen molar-refractivity contribution < 1.29 is 14.3 Å². The second-order valence-corrected chi connectivity index (χ2v) is 10.6. The summed E-state index contributed by atoms with van der Waals surface area (Å²) in [6.45, 7) is 10.6. The van der Waals surface area contributed by atoms with Crippen molar-refractivity contribution in [2.24, 2.45) is 0 Å². The molecule has 0 fully saturated rings. The first kappa shape index (κ1) is 28.0. The van der Waals surface area contributed by atoms with Gasteiger partial charge in [-0.3, -0.25) is 9.59 Å². The van der Waals surface area contributed by atoms with Gasteiger partial charge in [0.25, 0.3) is 5.91 Å². The van der Waals surface area contributed by atoms with Crippen molar-refractivity contribution >= 4 is 11.8 Å². The lowest BCUT2D eigenvalue weighted by Crippen LogP contribution is -2.53. The fourth-order valence-corrected chi connectivity index (χ4v) is 4.05. The fourth-order valence-electron chi connectivity index (χ4n) is 4.05. The summed E-state index contributed by atoms with van der Waals surface area (Å²) in [4.78, 5) is 28.8. The first-order valence-electron chi connectivity index (χ1n) is 13.1. The summed E-state index contributed by atoms with van der Waals surface area (Å²) in [5, 5.41) is 3.09. The van der Waals surface area contributed by atoms with Gasteiger partial charge in [-0.15, -0.1) is 0 Å². The van der Waals surface area contributed by atoms with E-state index in [2.05, 4.69) is 26.1 Å². The summed E-state index contributed by atoms with van der Waals surface area (Å²) in [6.07, 6.45) is 1.23. The third-order valence-electron chi connectivity index (χ3n) is 6.55. The summed E-state index contributed by atoms with van der Waals surface area (Å²) in [7, 11) is 0. The topological polar surface area (TPSA) is 58.6 Å². The third-order valence-corrected chi connectivity index (χ3v) is 6.55. The Hall–Kier alpha value is -3.60. The van der Waals surface area contributed by atoms with E-state index in [1.807, 2.05) is 98.8 Å². The zero-order chi connectivity index (χ0) is 26.8. The SMILES string of the molecule is CC[C@H](C)NC(=O)[C@@H](Cc1ccccc1)N(Cc1ccccc1)C(=O)COc1ccc(C(C)(C)C)cc1. The smallest absolute Gasteiger partial charge is 0.261 e. The van der Waals surface area contributed by atoms with Crippen molar-refractivity contribution in [1.29, 1.82) is 0 Å². The van der Waals surface area contributed by atoms with Gasteiger partial charge in [-0.25, -0.2) is 0 Å². The van der Waals surface area contributed by atoms with Gasteiger partial charge >= 0.3 is 0 Å². The summed E-state index contributed by atoms with van der Waals surface area (Å²) in [5.41, 5.74) is 3.19. The number of hydrogen-bond donors (Lipinski definition) is 1. The molecule has 0 saturated carbocycles. The molecule has 0 aliphatic heterocycles. The highest BCUT2D eigenvalue weighted by atomic mass is 16.5. The molecule has 0 unspecified atom stereocenters. The van der Waals surface area contributed by atoms with E-state index in [1.165, 1.54) is 5.56 Å². The molecular weight excluding hydrogens is 460 g/mol. The summed E-state index contributed by atoms with van der Waals surface area (Å²) < 4.78 is 5.91. The highest BCUT2D eigenvalue weighted by Crippen LogP contribution is 2.24. The van der Waals surface area contributed by atoms with Crippen molar-refractivity contribution in [2.45, 2.75) is 71.5 Å². The van der Waals surface area contributed by atoms with Crippen LogP contribution in [0.4, 0.5) is 0 Å². The second-order valence-electron chi connectivity index (χ2n) is 10.6. The van der Waals surface area contributed by atoms with Gasteiger partial charge in [-0.05, 0) is 47.6 Å². The molecular formula is C32H40N2O3. The first-order chi connectivity index (χ1) is 17.7. The van der Waals surface area contributed by atoms with Crippen molar-refractivity contribution in [3.8, 4) is 5.75 Å². The van der Waals surface area contributed by atoms with E-state index >= 15 is 0 Å². The Morgan fingerprint density at radius 1 is 0.865 bits per heavy atom. The summed E-state index contributed by atoms with van der Waals surface area (Å²) in [5.74, 6) is 0.241. The molecule has 0 radical (unpaired) electrons. The highest BCUT2D eigenvalue weighted by Gasteiger charge is 2.31. The van der Waals surface area contributed by atoms with Crippen LogP contribution >= 0.6 is 0 Å². The van der Waals surface area contributed by atoms with E-state index in [4.69, 9.17) is 4.74 Å². The monoisotopic (exact) mass is 500 g/mol. The van der Waals surface area contributed by atoms with E-state index in [0.29, 0.717) is 18.7 Å². The quantitative estimate of drug-likeness (QED) is 0.356. The van der Waals surface area contributed by atoms with E-state index < -0.39 is 6.04 Å². The number of rotatable bonds is 11. The van der Waals surface area contributed by atoms with Crippen LogP contribution in [0.1, 0.15) is 57.7 Å². The maximum Gasteiger partial charge on any atom is 0.261 e. The average molecular weight is 501 g/mol. The first-order valence-corrected chi connectivity index (χ1v) is 13.1. The van der Waals surface area contributed by atoms with Crippen molar-refractivity contribution in [1.82, 2.24) is 10.2 Å². The molecule has 5 heteroatoms. The van der Waals surface area contributed by atoms with Gasteiger partial charge in [0.1, 0.15) is 11.8 Å². The second kappa shape index (κ2) is 13.1. The number of nitrogens with one attached hydrogen (secondary N) is 1. The molecule has 37 heavy (non-hydrogen) atoms. The molecule has 0 heterocycles. The molecule has 5 nitrogen and oxygen atoms in total. The Morgan fingerprint density at radius 3 is 1.97 bits per heavy atom. The Bertz CT molecular complexity index is 1120. The van der Waals surface area contributed by atoms with Gasteiger partial charge in [-0.1, -0.05) is 100 Å². The summed E-state index contributed by atoms with van der Waals surface area (Å²) >= 11 is 0. The molecule has 1 N–H and O–H groups in total. The molecule has 2 atom stereocenters. The summed E-state index contributed by atoms with van der Waals surface area (Å²) in [6, 6.07) is 26.8. The van der Waals surface area contributed by atoms with Gasteiger partial charge in [0.2, 0.25) is 5.91 Å². The predicted molar refractivity (Wildman–Crippen MR) is 149 cm³/mol. The van der Waals surface area contributed by atoms with Crippen LogP contribution in [0, 0.1) is 0 Å². The lowest BCUT2D eigenvalue weighted by molar-refractivity contribution is -0.143. The number of nitrogens with zero attached hydrogens (tertiary/aromatic N) is 1. The van der Waals surface area contributed by atoms with E-state index in [-0.39, 0.29) is 29.9 Å². The molecule has 0 spiro atoms. The average Bonchev–Trinajstić information content (AvgIpc) is 2.90. The van der Waals surface area contributed by atoms with Crippen LogP contribution in [-0.2, 0) is 28.0 Å². The van der Waals surface area contributed by atoms with Crippen LogP contribution < -0.4 is 10.1 Å². The van der Waals surface area contributed by atoms with Crippen LogP contribution in [0.2, 0.25) is 0 Å².